The first-order chi connectivity index (χ1) is 9.86. The number of hydrogen-bond donors (Lipinski definition) is 1. The first-order valence-corrected chi connectivity index (χ1v) is 9.08. The van der Waals surface area contributed by atoms with E-state index < -0.39 is 0 Å². The fourth-order valence-electron chi connectivity index (χ4n) is 4.62. The molecule has 2 heterocycles. The zero-order chi connectivity index (χ0) is 13.8. The van der Waals surface area contributed by atoms with Crippen molar-refractivity contribution in [1.29, 1.82) is 0 Å². The Hall–Kier alpha value is -0.120. The molecule has 1 saturated carbocycles. The summed E-state index contributed by atoms with van der Waals surface area (Å²) >= 11 is 0. The average Bonchev–Trinajstić information content (AvgIpc) is 2.99. The molecular formula is C17H33N3. The van der Waals surface area contributed by atoms with Crippen molar-refractivity contribution < 1.29 is 0 Å². The summed E-state index contributed by atoms with van der Waals surface area (Å²) in [6.07, 6.45) is 11.4. The van der Waals surface area contributed by atoms with Crippen molar-refractivity contribution in [3.05, 3.63) is 0 Å². The quantitative estimate of drug-likeness (QED) is 0.853. The highest BCUT2D eigenvalue weighted by atomic mass is 15.3. The van der Waals surface area contributed by atoms with E-state index in [9.17, 15) is 0 Å². The summed E-state index contributed by atoms with van der Waals surface area (Å²) in [5.41, 5.74) is 0. The first-order valence-electron chi connectivity index (χ1n) is 9.08. The largest absolute Gasteiger partial charge is 0.314 e. The van der Waals surface area contributed by atoms with Gasteiger partial charge in [-0.1, -0.05) is 13.3 Å². The second-order valence-electron chi connectivity index (χ2n) is 7.10. The lowest BCUT2D eigenvalue weighted by atomic mass is 9.90. The summed E-state index contributed by atoms with van der Waals surface area (Å²) in [4.78, 5) is 5.61. The third-order valence-electron chi connectivity index (χ3n) is 5.81. The number of hydrogen-bond acceptors (Lipinski definition) is 3. The van der Waals surface area contributed by atoms with Gasteiger partial charge in [-0.15, -0.1) is 0 Å². The minimum absolute atomic E-state index is 0.803. The Kier molecular flexibility index (Phi) is 5.36. The van der Waals surface area contributed by atoms with Crippen LogP contribution in [0.15, 0.2) is 0 Å². The molecule has 0 bridgehead atoms. The van der Waals surface area contributed by atoms with Gasteiger partial charge in [-0.3, -0.25) is 9.80 Å². The summed E-state index contributed by atoms with van der Waals surface area (Å²) in [7, 11) is 0. The maximum absolute atomic E-state index is 3.63. The van der Waals surface area contributed by atoms with Crippen LogP contribution in [0.5, 0.6) is 0 Å². The van der Waals surface area contributed by atoms with E-state index in [-0.39, 0.29) is 0 Å². The maximum Gasteiger partial charge on any atom is 0.0235 e. The van der Waals surface area contributed by atoms with Gasteiger partial charge in [-0.25, -0.2) is 0 Å². The van der Waals surface area contributed by atoms with Crippen LogP contribution in [-0.4, -0.2) is 60.6 Å². The van der Waals surface area contributed by atoms with Crippen molar-refractivity contribution in [2.24, 2.45) is 0 Å². The van der Waals surface area contributed by atoms with Crippen LogP contribution in [0.1, 0.15) is 58.3 Å². The molecule has 116 valence electrons. The number of nitrogens with zero attached hydrogens (tertiary/aromatic N) is 2. The van der Waals surface area contributed by atoms with Gasteiger partial charge in [-0.05, 0) is 64.6 Å². The third-order valence-corrected chi connectivity index (χ3v) is 5.81. The van der Waals surface area contributed by atoms with Crippen LogP contribution in [0.3, 0.4) is 0 Å². The minimum Gasteiger partial charge on any atom is -0.314 e. The molecule has 0 aromatic heterocycles. The fourth-order valence-corrected chi connectivity index (χ4v) is 4.62. The second kappa shape index (κ2) is 7.24. The normalized spacial score (nSPS) is 37.4. The molecule has 3 heteroatoms. The van der Waals surface area contributed by atoms with Crippen molar-refractivity contribution >= 4 is 0 Å². The predicted molar refractivity (Wildman–Crippen MR) is 85.1 cm³/mol. The molecule has 0 aromatic rings. The van der Waals surface area contributed by atoms with E-state index in [1.54, 1.807) is 0 Å². The Labute approximate surface area is 125 Å². The molecule has 3 aliphatic rings. The summed E-state index contributed by atoms with van der Waals surface area (Å²) < 4.78 is 0. The van der Waals surface area contributed by atoms with Crippen LogP contribution >= 0.6 is 0 Å². The van der Waals surface area contributed by atoms with Gasteiger partial charge in [0.15, 0.2) is 0 Å². The van der Waals surface area contributed by atoms with E-state index in [0.29, 0.717) is 0 Å². The zero-order valence-corrected chi connectivity index (χ0v) is 13.3. The summed E-state index contributed by atoms with van der Waals surface area (Å²) in [5, 5.41) is 3.63. The molecule has 0 amide bonds. The molecule has 3 fully saturated rings. The van der Waals surface area contributed by atoms with Crippen LogP contribution in [0.4, 0.5) is 0 Å². The maximum atomic E-state index is 3.63. The third kappa shape index (κ3) is 3.55. The molecule has 0 aromatic carbocycles. The molecule has 3 nitrogen and oxygen atoms in total. The van der Waals surface area contributed by atoms with Crippen molar-refractivity contribution in [1.82, 2.24) is 15.1 Å². The van der Waals surface area contributed by atoms with Crippen LogP contribution in [0.2, 0.25) is 0 Å². The van der Waals surface area contributed by atoms with E-state index in [4.69, 9.17) is 0 Å². The summed E-state index contributed by atoms with van der Waals surface area (Å²) in [6, 6.07) is 2.57. The zero-order valence-electron chi connectivity index (χ0n) is 13.3. The standard InChI is InChI=1S/C17H33N3/c1-2-18-15-6-8-16(9-7-15)20-13-10-17(14-20)19-11-4-3-5-12-19/h15-18H,2-14H2,1H3. The Morgan fingerprint density at radius 2 is 1.55 bits per heavy atom. The van der Waals surface area contributed by atoms with Crippen LogP contribution in [0, 0.1) is 0 Å². The Morgan fingerprint density at radius 1 is 0.800 bits per heavy atom. The van der Waals surface area contributed by atoms with Crippen molar-refractivity contribution in [3.63, 3.8) is 0 Å². The predicted octanol–water partition coefficient (Wildman–Crippen LogP) is 2.47. The van der Waals surface area contributed by atoms with Crippen LogP contribution in [0.25, 0.3) is 0 Å². The Morgan fingerprint density at radius 3 is 2.25 bits per heavy atom. The van der Waals surface area contributed by atoms with E-state index in [1.807, 2.05) is 0 Å². The smallest absolute Gasteiger partial charge is 0.0235 e. The number of rotatable bonds is 4. The number of piperidine rings is 1. The fraction of sp³-hybridized carbons (Fsp3) is 1.00. The molecule has 2 saturated heterocycles. The SMILES string of the molecule is CCNC1CCC(N2CCC(N3CCCCC3)C2)CC1. The molecule has 0 radical (unpaired) electrons. The van der Waals surface area contributed by atoms with Gasteiger partial charge in [0, 0.05) is 31.2 Å². The van der Waals surface area contributed by atoms with E-state index in [1.165, 1.54) is 77.5 Å². The first kappa shape index (κ1) is 14.8. The van der Waals surface area contributed by atoms with Gasteiger partial charge in [0.05, 0.1) is 0 Å². The number of nitrogens with one attached hydrogen (secondary N) is 1. The Balaban J connectivity index is 1.43. The molecule has 1 N–H and O–H groups in total. The monoisotopic (exact) mass is 279 g/mol. The van der Waals surface area contributed by atoms with Gasteiger partial charge < -0.3 is 5.32 Å². The van der Waals surface area contributed by atoms with Gasteiger partial charge >= 0.3 is 0 Å². The summed E-state index contributed by atoms with van der Waals surface area (Å²) in [5.74, 6) is 0. The minimum atomic E-state index is 0.803. The molecule has 1 aliphatic carbocycles. The van der Waals surface area contributed by atoms with Gasteiger partial charge in [0.25, 0.3) is 0 Å². The molecule has 0 spiro atoms. The van der Waals surface area contributed by atoms with E-state index >= 15 is 0 Å². The number of likely N-dealkylation sites (tertiary alicyclic amines) is 2. The lowest BCUT2D eigenvalue weighted by Gasteiger charge is -2.36. The van der Waals surface area contributed by atoms with Crippen molar-refractivity contribution in [2.75, 3.05) is 32.7 Å². The molecule has 2 aliphatic heterocycles. The molecule has 20 heavy (non-hydrogen) atoms. The van der Waals surface area contributed by atoms with E-state index in [0.717, 1.165) is 24.7 Å². The van der Waals surface area contributed by atoms with Gasteiger partial charge in [0.2, 0.25) is 0 Å². The second-order valence-corrected chi connectivity index (χ2v) is 7.10. The lowest BCUT2D eigenvalue weighted by molar-refractivity contribution is 0.135. The molecule has 1 atom stereocenters. The van der Waals surface area contributed by atoms with Crippen LogP contribution < -0.4 is 5.32 Å². The highest BCUT2D eigenvalue weighted by Crippen LogP contribution is 2.28. The summed E-state index contributed by atoms with van der Waals surface area (Å²) in [6.45, 7) is 8.82. The average molecular weight is 279 g/mol. The van der Waals surface area contributed by atoms with Crippen LogP contribution in [-0.2, 0) is 0 Å². The highest BCUT2D eigenvalue weighted by Gasteiger charge is 2.33. The molecular weight excluding hydrogens is 246 g/mol. The highest BCUT2D eigenvalue weighted by molar-refractivity contribution is 4.90. The Bertz CT molecular complexity index is 280. The van der Waals surface area contributed by atoms with Gasteiger partial charge in [0.1, 0.15) is 0 Å². The van der Waals surface area contributed by atoms with Crippen molar-refractivity contribution in [2.45, 2.75) is 76.4 Å². The topological polar surface area (TPSA) is 18.5 Å². The van der Waals surface area contributed by atoms with E-state index in [2.05, 4.69) is 22.0 Å². The molecule has 3 rings (SSSR count). The lowest BCUT2D eigenvalue weighted by Crippen LogP contribution is -2.44. The van der Waals surface area contributed by atoms with Gasteiger partial charge in [-0.2, -0.15) is 0 Å². The van der Waals surface area contributed by atoms with Crippen molar-refractivity contribution in [3.8, 4) is 0 Å². The molecule has 1 unspecified atom stereocenters.